The first-order valence-electron chi connectivity index (χ1n) is 6.61. The zero-order chi connectivity index (χ0) is 14.3. The molecule has 1 aromatic carbocycles. The molecule has 0 spiro atoms. The molecule has 0 saturated heterocycles. The monoisotopic (exact) mass is 262 g/mol. The number of hydrogen-bond acceptors (Lipinski definition) is 3. The predicted octanol–water partition coefficient (Wildman–Crippen LogP) is 3.53. The molecule has 19 heavy (non-hydrogen) atoms. The molecule has 0 fully saturated rings. The lowest BCUT2D eigenvalue weighted by atomic mass is 10.1. The quantitative estimate of drug-likeness (QED) is 0.581. The molecule has 104 valence electrons. The third-order valence-electron chi connectivity index (χ3n) is 3.01. The average Bonchev–Trinajstić information content (AvgIpc) is 2.40. The first-order chi connectivity index (χ1) is 9.08. The summed E-state index contributed by atoms with van der Waals surface area (Å²) in [5.74, 6) is 0.512. The fourth-order valence-electron chi connectivity index (χ4n) is 1.65. The molecule has 1 aromatic rings. The molecule has 0 radical (unpaired) electrons. The van der Waals surface area contributed by atoms with Gasteiger partial charge in [-0.15, -0.1) is 0 Å². The Bertz CT molecular complexity index is 449. The van der Waals surface area contributed by atoms with Gasteiger partial charge in [0.25, 0.3) is 0 Å². The molecule has 0 aromatic heterocycles. The minimum atomic E-state index is -0.228. The maximum absolute atomic E-state index is 11.6. The summed E-state index contributed by atoms with van der Waals surface area (Å²) in [6, 6.07) is 7.58. The average molecular weight is 262 g/mol. The van der Waals surface area contributed by atoms with Crippen LogP contribution in [0, 0.1) is 0 Å². The summed E-state index contributed by atoms with van der Waals surface area (Å²) in [6.07, 6.45) is 2.26. The van der Waals surface area contributed by atoms with Crippen LogP contribution in [0.2, 0.25) is 0 Å². The van der Waals surface area contributed by atoms with Crippen molar-refractivity contribution in [3.8, 4) is 5.75 Å². The lowest BCUT2D eigenvalue weighted by molar-refractivity contribution is -0.142. The maximum Gasteiger partial charge on any atom is 0.310 e. The van der Waals surface area contributed by atoms with Crippen LogP contribution < -0.4 is 4.74 Å². The van der Waals surface area contributed by atoms with Gasteiger partial charge in [0, 0.05) is 5.56 Å². The standard InChI is InChI=1S/C16H22O3/c1-5-12(3)13(4)19-15-10-8-7-9-14(15)11-16(17)18-6-2/h5,7-10,13H,6,11H2,1-4H3/b12-5+. The minimum absolute atomic E-state index is 0.00616. The molecule has 3 heteroatoms. The van der Waals surface area contributed by atoms with Crippen molar-refractivity contribution < 1.29 is 14.3 Å². The summed E-state index contributed by atoms with van der Waals surface area (Å²) in [4.78, 5) is 11.6. The third kappa shape index (κ3) is 4.78. The van der Waals surface area contributed by atoms with E-state index in [1.807, 2.05) is 51.1 Å². The van der Waals surface area contributed by atoms with Crippen LogP contribution in [0.4, 0.5) is 0 Å². The van der Waals surface area contributed by atoms with Crippen molar-refractivity contribution in [2.75, 3.05) is 6.61 Å². The van der Waals surface area contributed by atoms with Gasteiger partial charge >= 0.3 is 5.97 Å². The van der Waals surface area contributed by atoms with Gasteiger partial charge in [0.05, 0.1) is 13.0 Å². The number of benzene rings is 1. The van der Waals surface area contributed by atoms with Crippen molar-refractivity contribution in [1.29, 1.82) is 0 Å². The van der Waals surface area contributed by atoms with Gasteiger partial charge in [-0.3, -0.25) is 4.79 Å². The van der Waals surface area contributed by atoms with E-state index in [1.54, 1.807) is 6.92 Å². The Morgan fingerprint density at radius 2 is 2.05 bits per heavy atom. The third-order valence-corrected chi connectivity index (χ3v) is 3.01. The lowest BCUT2D eigenvalue weighted by Crippen LogP contribution is -2.15. The van der Waals surface area contributed by atoms with E-state index in [1.165, 1.54) is 0 Å². The fraction of sp³-hybridized carbons (Fsp3) is 0.438. The number of rotatable bonds is 6. The Hall–Kier alpha value is -1.77. The lowest BCUT2D eigenvalue weighted by Gasteiger charge is -2.17. The van der Waals surface area contributed by atoms with Crippen LogP contribution in [0.1, 0.15) is 33.3 Å². The molecule has 0 saturated carbocycles. The summed E-state index contributed by atoms with van der Waals surface area (Å²) in [6.45, 7) is 8.21. The molecule has 3 nitrogen and oxygen atoms in total. The molecule has 0 amide bonds. The van der Waals surface area contributed by atoms with E-state index in [-0.39, 0.29) is 18.5 Å². The van der Waals surface area contributed by atoms with Crippen LogP contribution in [0.5, 0.6) is 5.75 Å². The molecular weight excluding hydrogens is 240 g/mol. The molecule has 0 bridgehead atoms. The SMILES string of the molecule is C/C=C(\C)C(C)Oc1ccccc1CC(=O)OCC. The van der Waals surface area contributed by atoms with E-state index in [0.29, 0.717) is 6.61 Å². The first-order valence-corrected chi connectivity index (χ1v) is 6.61. The van der Waals surface area contributed by atoms with Crippen LogP contribution in [-0.2, 0) is 16.0 Å². The normalized spacial score (nSPS) is 12.9. The molecule has 0 N–H and O–H groups in total. The van der Waals surface area contributed by atoms with Gasteiger partial charge < -0.3 is 9.47 Å². The molecule has 0 aliphatic rings. The highest BCUT2D eigenvalue weighted by Crippen LogP contribution is 2.22. The summed E-state index contributed by atoms with van der Waals surface area (Å²) in [5.41, 5.74) is 2.02. The topological polar surface area (TPSA) is 35.5 Å². The van der Waals surface area contributed by atoms with E-state index in [0.717, 1.165) is 16.9 Å². The van der Waals surface area contributed by atoms with Gasteiger partial charge in [0.15, 0.2) is 0 Å². The summed E-state index contributed by atoms with van der Waals surface area (Å²) >= 11 is 0. The van der Waals surface area contributed by atoms with Gasteiger partial charge in [-0.05, 0) is 39.3 Å². The summed E-state index contributed by atoms with van der Waals surface area (Å²) in [5, 5.41) is 0. The number of carbonyl (C=O) groups excluding carboxylic acids is 1. The number of carbonyl (C=O) groups is 1. The van der Waals surface area contributed by atoms with E-state index in [4.69, 9.17) is 9.47 Å². The highest BCUT2D eigenvalue weighted by molar-refractivity contribution is 5.73. The molecular formula is C16H22O3. The summed E-state index contributed by atoms with van der Waals surface area (Å²) < 4.78 is 10.9. The minimum Gasteiger partial charge on any atom is -0.486 e. The highest BCUT2D eigenvalue weighted by atomic mass is 16.5. The first kappa shape index (κ1) is 15.3. The van der Waals surface area contributed by atoms with Crippen LogP contribution >= 0.6 is 0 Å². The molecule has 1 unspecified atom stereocenters. The smallest absolute Gasteiger partial charge is 0.310 e. The zero-order valence-corrected chi connectivity index (χ0v) is 12.1. The number of esters is 1. The molecule has 0 heterocycles. The largest absolute Gasteiger partial charge is 0.486 e. The van der Waals surface area contributed by atoms with Crippen molar-refractivity contribution in [2.45, 2.75) is 40.2 Å². The Morgan fingerprint density at radius 1 is 1.37 bits per heavy atom. The zero-order valence-electron chi connectivity index (χ0n) is 12.1. The highest BCUT2D eigenvalue weighted by Gasteiger charge is 2.12. The van der Waals surface area contributed by atoms with Crippen molar-refractivity contribution >= 4 is 5.97 Å². The van der Waals surface area contributed by atoms with Gasteiger partial charge in [-0.25, -0.2) is 0 Å². The van der Waals surface area contributed by atoms with Crippen molar-refractivity contribution in [3.05, 3.63) is 41.5 Å². The van der Waals surface area contributed by atoms with Crippen LogP contribution in [0.15, 0.2) is 35.9 Å². The Balaban J connectivity index is 2.81. The van der Waals surface area contributed by atoms with E-state index < -0.39 is 0 Å². The second-order valence-corrected chi connectivity index (χ2v) is 4.38. The van der Waals surface area contributed by atoms with Crippen molar-refractivity contribution in [1.82, 2.24) is 0 Å². The molecule has 1 rings (SSSR count). The Labute approximate surface area is 115 Å². The second-order valence-electron chi connectivity index (χ2n) is 4.38. The number of para-hydroxylation sites is 1. The molecule has 0 aliphatic heterocycles. The van der Waals surface area contributed by atoms with Crippen molar-refractivity contribution in [2.24, 2.45) is 0 Å². The molecule has 0 aliphatic carbocycles. The second kappa shape index (κ2) is 7.62. The fourth-order valence-corrected chi connectivity index (χ4v) is 1.65. The van der Waals surface area contributed by atoms with E-state index >= 15 is 0 Å². The van der Waals surface area contributed by atoms with E-state index in [2.05, 4.69) is 0 Å². The summed E-state index contributed by atoms with van der Waals surface area (Å²) in [7, 11) is 0. The van der Waals surface area contributed by atoms with Gasteiger partial charge in [0.1, 0.15) is 11.9 Å². The van der Waals surface area contributed by atoms with Crippen LogP contribution in [0.3, 0.4) is 0 Å². The molecule has 1 atom stereocenters. The van der Waals surface area contributed by atoms with Gasteiger partial charge in [0.2, 0.25) is 0 Å². The number of hydrogen-bond donors (Lipinski definition) is 0. The number of allylic oxidation sites excluding steroid dienone is 1. The van der Waals surface area contributed by atoms with Gasteiger partial charge in [-0.1, -0.05) is 24.3 Å². The van der Waals surface area contributed by atoms with E-state index in [9.17, 15) is 4.79 Å². The number of ether oxygens (including phenoxy) is 2. The van der Waals surface area contributed by atoms with Crippen molar-refractivity contribution in [3.63, 3.8) is 0 Å². The Kier molecular flexibility index (Phi) is 6.13. The van der Waals surface area contributed by atoms with Gasteiger partial charge in [-0.2, -0.15) is 0 Å². The predicted molar refractivity (Wildman–Crippen MR) is 76.3 cm³/mol. The van der Waals surface area contributed by atoms with Crippen LogP contribution in [-0.4, -0.2) is 18.7 Å². The van der Waals surface area contributed by atoms with Crippen LogP contribution in [0.25, 0.3) is 0 Å². The maximum atomic E-state index is 11.6. The Morgan fingerprint density at radius 3 is 2.68 bits per heavy atom.